The number of rotatable bonds is 3. The molecule has 2 aromatic carbocycles. The van der Waals surface area contributed by atoms with E-state index in [2.05, 4.69) is 56.4 Å². The van der Waals surface area contributed by atoms with Crippen LogP contribution in [0.25, 0.3) is 0 Å². The molecule has 0 aliphatic heterocycles. The summed E-state index contributed by atoms with van der Waals surface area (Å²) in [5, 5.41) is 3.41. The van der Waals surface area contributed by atoms with Gasteiger partial charge in [-0.1, -0.05) is 45.1 Å². The highest BCUT2D eigenvalue weighted by Crippen LogP contribution is 2.25. The van der Waals surface area contributed by atoms with E-state index in [-0.39, 0.29) is 5.41 Å². The molecule has 0 aliphatic rings. The van der Waals surface area contributed by atoms with Gasteiger partial charge in [-0.2, -0.15) is 0 Å². The van der Waals surface area contributed by atoms with Crippen LogP contribution < -0.4 is 11.1 Å². The summed E-state index contributed by atoms with van der Waals surface area (Å²) in [5.74, 6) is 0. The van der Waals surface area contributed by atoms with E-state index in [1.54, 1.807) is 0 Å². The highest BCUT2D eigenvalue weighted by molar-refractivity contribution is 7.80. The minimum Gasteiger partial charge on any atom is -0.389 e. The quantitative estimate of drug-likeness (QED) is 0.809. The third-order valence-electron chi connectivity index (χ3n) is 3.53. The Morgan fingerprint density at radius 1 is 1.00 bits per heavy atom. The molecule has 2 rings (SSSR count). The van der Waals surface area contributed by atoms with Crippen LogP contribution in [0.5, 0.6) is 0 Å². The van der Waals surface area contributed by atoms with Gasteiger partial charge in [0.1, 0.15) is 4.99 Å². The van der Waals surface area contributed by atoms with E-state index in [0.29, 0.717) is 4.99 Å². The van der Waals surface area contributed by atoms with Crippen LogP contribution in [0, 0.1) is 6.92 Å². The first-order valence-electron chi connectivity index (χ1n) is 7.05. The summed E-state index contributed by atoms with van der Waals surface area (Å²) in [7, 11) is 0. The molecule has 3 N–H and O–H groups in total. The second-order valence-electron chi connectivity index (χ2n) is 6.35. The molecule has 3 heteroatoms. The van der Waals surface area contributed by atoms with Crippen LogP contribution in [0.3, 0.4) is 0 Å². The molecule has 0 saturated heterocycles. The normalized spacial score (nSPS) is 11.2. The lowest BCUT2D eigenvalue weighted by Crippen LogP contribution is -2.11. The summed E-state index contributed by atoms with van der Waals surface area (Å²) in [6.45, 7) is 8.66. The van der Waals surface area contributed by atoms with Gasteiger partial charge in [0.25, 0.3) is 0 Å². The Kier molecular flexibility index (Phi) is 4.33. The SMILES string of the molecule is Cc1cc(Nc2ccc(C(C)(C)C)cc2)ccc1C(N)=S. The van der Waals surface area contributed by atoms with Crippen molar-refractivity contribution in [1.29, 1.82) is 0 Å². The minimum atomic E-state index is 0.174. The van der Waals surface area contributed by atoms with Crippen LogP contribution in [0.4, 0.5) is 11.4 Å². The molecule has 0 aliphatic carbocycles. The highest BCUT2D eigenvalue weighted by atomic mass is 32.1. The molecule has 110 valence electrons. The van der Waals surface area contributed by atoms with Crippen LogP contribution in [0.1, 0.15) is 37.5 Å². The van der Waals surface area contributed by atoms with Gasteiger partial charge < -0.3 is 11.1 Å². The monoisotopic (exact) mass is 298 g/mol. The maximum atomic E-state index is 5.69. The Morgan fingerprint density at radius 2 is 1.57 bits per heavy atom. The zero-order valence-electron chi connectivity index (χ0n) is 13.0. The van der Waals surface area contributed by atoms with Crippen LogP contribution >= 0.6 is 12.2 Å². The van der Waals surface area contributed by atoms with Gasteiger partial charge in [0.15, 0.2) is 0 Å². The third-order valence-corrected chi connectivity index (χ3v) is 3.75. The van der Waals surface area contributed by atoms with Gasteiger partial charge in [-0.3, -0.25) is 0 Å². The molecule has 0 atom stereocenters. The fraction of sp³-hybridized carbons (Fsp3) is 0.278. The van der Waals surface area contributed by atoms with E-state index in [4.69, 9.17) is 18.0 Å². The summed E-state index contributed by atoms with van der Waals surface area (Å²) >= 11 is 5.03. The highest BCUT2D eigenvalue weighted by Gasteiger charge is 2.12. The topological polar surface area (TPSA) is 38.0 Å². The average molecular weight is 298 g/mol. The first-order valence-corrected chi connectivity index (χ1v) is 7.46. The molecule has 0 amide bonds. The van der Waals surface area contributed by atoms with Gasteiger partial charge >= 0.3 is 0 Å². The summed E-state index contributed by atoms with van der Waals surface area (Å²) in [4.78, 5) is 0.439. The molecular weight excluding hydrogens is 276 g/mol. The maximum Gasteiger partial charge on any atom is 0.104 e. The van der Waals surface area contributed by atoms with Crippen LogP contribution in [-0.2, 0) is 5.41 Å². The van der Waals surface area contributed by atoms with Crippen molar-refractivity contribution in [2.24, 2.45) is 5.73 Å². The van der Waals surface area contributed by atoms with Gasteiger partial charge in [0.05, 0.1) is 0 Å². The number of nitrogens with two attached hydrogens (primary N) is 1. The van der Waals surface area contributed by atoms with Crippen molar-refractivity contribution in [3.63, 3.8) is 0 Å². The van der Waals surface area contributed by atoms with Gasteiger partial charge in [-0.25, -0.2) is 0 Å². The summed E-state index contributed by atoms with van der Waals surface area (Å²) in [6.07, 6.45) is 0. The van der Waals surface area contributed by atoms with E-state index in [1.807, 2.05) is 19.1 Å². The summed E-state index contributed by atoms with van der Waals surface area (Å²) in [6, 6.07) is 14.6. The number of benzene rings is 2. The van der Waals surface area contributed by atoms with E-state index >= 15 is 0 Å². The minimum absolute atomic E-state index is 0.174. The van der Waals surface area contributed by atoms with Crippen molar-refractivity contribution in [2.75, 3.05) is 5.32 Å². The number of hydrogen-bond donors (Lipinski definition) is 2. The van der Waals surface area contributed by atoms with E-state index in [1.165, 1.54) is 5.56 Å². The summed E-state index contributed by atoms with van der Waals surface area (Å²) < 4.78 is 0. The number of nitrogens with one attached hydrogen (secondary N) is 1. The molecule has 0 bridgehead atoms. The fourth-order valence-corrected chi connectivity index (χ4v) is 2.47. The molecule has 2 nitrogen and oxygen atoms in total. The first kappa shape index (κ1) is 15.5. The molecule has 0 saturated carbocycles. The second kappa shape index (κ2) is 5.86. The van der Waals surface area contributed by atoms with Crippen molar-refractivity contribution >= 4 is 28.6 Å². The molecule has 0 spiro atoms. The fourth-order valence-electron chi connectivity index (χ4n) is 2.24. The Balaban J connectivity index is 2.19. The van der Waals surface area contributed by atoms with Crippen molar-refractivity contribution in [2.45, 2.75) is 33.1 Å². The lowest BCUT2D eigenvalue weighted by molar-refractivity contribution is 0.590. The second-order valence-corrected chi connectivity index (χ2v) is 6.79. The Bertz CT molecular complexity index is 652. The zero-order valence-corrected chi connectivity index (χ0v) is 13.8. The number of hydrogen-bond acceptors (Lipinski definition) is 2. The Labute approximate surface area is 132 Å². The van der Waals surface area contributed by atoms with Crippen molar-refractivity contribution in [3.05, 3.63) is 59.2 Å². The third kappa shape index (κ3) is 3.82. The van der Waals surface area contributed by atoms with Gasteiger partial charge in [0, 0.05) is 16.9 Å². The molecular formula is C18H22N2S. The average Bonchev–Trinajstić information content (AvgIpc) is 2.38. The Hall–Kier alpha value is -1.87. The maximum absolute atomic E-state index is 5.69. The molecule has 2 aromatic rings. The molecule has 21 heavy (non-hydrogen) atoms. The first-order chi connectivity index (χ1) is 9.77. The number of anilines is 2. The van der Waals surface area contributed by atoms with Crippen molar-refractivity contribution in [3.8, 4) is 0 Å². The van der Waals surface area contributed by atoms with Crippen LogP contribution in [0.2, 0.25) is 0 Å². The van der Waals surface area contributed by atoms with E-state index in [9.17, 15) is 0 Å². The van der Waals surface area contributed by atoms with Crippen molar-refractivity contribution < 1.29 is 0 Å². The van der Waals surface area contributed by atoms with Crippen LogP contribution in [0.15, 0.2) is 42.5 Å². The molecule has 0 fully saturated rings. The van der Waals surface area contributed by atoms with Gasteiger partial charge in [0.2, 0.25) is 0 Å². The smallest absolute Gasteiger partial charge is 0.104 e. The lowest BCUT2D eigenvalue weighted by atomic mass is 9.87. The van der Waals surface area contributed by atoms with Crippen LogP contribution in [-0.4, -0.2) is 4.99 Å². The zero-order chi connectivity index (χ0) is 15.6. The summed E-state index contributed by atoms with van der Waals surface area (Å²) in [5.41, 5.74) is 11.3. The van der Waals surface area contributed by atoms with E-state index in [0.717, 1.165) is 22.5 Å². The molecule has 0 radical (unpaired) electrons. The largest absolute Gasteiger partial charge is 0.389 e. The van der Waals surface area contributed by atoms with Gasteiger partial charge in [-0.05, 0) is 53.8 Å². The lowest BCUT2D eigenvalue weighted by Gasteiger charge is -2.19. The van der Waals surface area contributed by atoms with Crippen molar-refractivity contribution in [1.82, 2.24) is 0 Å². The van der Waals surface area contributed by atoms with E-state index < -0.39 is 0 Å². The predicted molar refractivity (Wildman–Crippen MR) is 95.5 cm³/mol. The number of thiocarbonyl (C=S) groups is 1. The standard InChI is InChI=1S/C18H22N2S/c1-12-11-15(9-10-16(12)17(19)21)20-14-7-5-13(6-8-14)18(2,3)4/h5-11,20H,1-4H3,(H2,19,21). The molecule has 0 aromatic heterocycles. The number of aryl methyl sites for hydroxylation is 1. The predicted octanol–water partition coefficient (Wildman–Crippen LogP) is 4.67. The molecule has 0 heterocycles. The Morgan fingerprint density at radius 3 is 2.05 bits per heavy atom. The van der Waals surface area contributed by atoms with Gasteiger partial charge in [-0.15, -0.1) is 0 Å². The molecule has 0 unspecified atom stereocenters.